The first-order chi connectivity index (χ1) is 24.6. The van der Waals surface area contributed by atoms with Crippen molar-refractivity contribution >= 4 is 17.1 Å². The van der Waals surface area contributed by atoms with Crippen molar-refractivity contribution in [3.63, 3.8) is 0 Å². The largest absolute Gasteiger partial charge is 0.340 e. The Morgan fingerprint density at radius 3 is 1.76 bits per heavy atom. The molecule has 50 heavy (non-hydrogen) atoms. The number of amidine groups is 1. The third-order valence-corrected chi connectivity index (χ3v) is 9.76. The van der Waals surface area contributed by atoms with E-state index >= 15 is 0 Å². The van der Waals surface area contributed by atoms with Crippen molar-refractivity contribution in [1.82, 2.24) is 5.32 Å². The van der Waals surface area contributed by atoms with Crippen LogP contribution in [0, 0.1) is 6.92 Å². The number of hydrogen-bond acceptors (Lipinski definition) is 2. The minimum Gasteiger partial charge on any atom is -0.340 e. The fraction of sp³-hybridized carbons (Fsp3) is 0.0625. The fourth-order valence-corrected chi connectivity index (χ4v) is 7.19. The lowest BCUT2D eigenvalue weighted by molar-refractivity contribution is 0.879. The second-order valence-corrected chi connectivity index (χ2v) is 12.9. The van der Waals surface area contributed by atoms with Crippen molar-refractivity contribution in [3.05, 3.63) is 228 Å². The first kappa shape index (κ1) is 31.0. The minimum atomic E-state index is -0.106. The summed E-state index contributed by atoms with van der Waals surface area (Å²) < 4.78 is 0. The number of allylic oxidation sites excluding steroid dienone is 5. The maximum absolute atomic E-state index is 5.31. The molecule has 0 fully saturated rings. The van der Waals surface area contributed by atoms with Crippen molar-refractivity contribution < 1.29 is 0 Å². The molecule has 6 aromatic rings. The summed E-state index contributed by atoms with van der Waals surface area (Å²) in [6.07, 6.45) is 8.78. The van der Waals surface area contributed by atoms with Crippen LogP contribution in [0.15, 0.2) is 199 Å². The van der Waals surface area contributed by atoms with Gasteiger partial charge in [0.05, 0.1) is 6.04 Å². The van der Waals surface area contributed by atoms with Crippen LogP contribution in [0.5, 0.6) is 0 Å². The Hall–Kier alpha value is -6.25. The predicted octanol–water partition coefficient (Wildman–Crippen LogP) is 11.8. The molecule has 240 valence electrons. The summed E-state index contributed by atoms with van der Waals surface area (Å²) >= 11 is 0. The Labute approximate surface area is 295 Å². The molecule has 0 aromatic heterocycles. The van der Waals surface area contributed by atoms with Crippen LogP contribution in [0.4, 0.5) is 0 Å². The number of rotatable bonds is 7. The molecule has 0 saturated heterocycles. The summed E-state index contributed by atoms with van der Waals surface area (Å²) in [5.74, 6) is 0.854. The zero-order valence-electron chi connectivity index (χ0n) is 28.1. The van der Waals surface area contributed by atoms with E-state index in [9.17, 15) is 0 Å². The van der Waals surface area contributed by atoms with Crippen molar-refractivity contribution in [2.24, 2.45) is 4.99 Å². The first-order valence-corrected chi connectivity index (χ1v) is 17.2. The van der Waals surface area contributed by atoms with E-state index in [4.69, 9.17) is 4.99 Å². The SMILES string of the molecule is C=C1C=CC=C(c2cc(-c3ccccc3)cc(-c3ccccc3)c2)C1c1cccc(C2=NC(c3ccccc3)C=C(c3ccccc3)N2)c1C. The highest BCUT2D eigenvalue weighted by Gasteiger charge is 2.27. The molecule has 0 saturated carbocycles. The highest BCUT2D eigenvalue weighted by Crippen LogP contribution is 2.44. The highest BCUT2D eigenvalue weighted by atomic mass is 15.0. The van der Waals surface area contributed by atoms with Crippen molar-refractivity contribution in [2.45, 2.75) is 18.9 Å². The highest BCUT2D eigenvalue weighted by molar-refractivity contribution is 6.06. The lowest BCUT2D eigenvalue weighted by atomic mass is 9.76. The van der Waals surface area contributed by atoms with Crippen molar-refractivity contribution in [3.8, 4) is 22.3 Å². The maximum Gasteiger partial charge on any atom is 0.133 e. The second kappa shape index (κ2) is 13.7. The number of benzene rings is 6. The summed E-state index contributed by atoms with van der Waals surface area (Å²) in [5.41, 5.74) is 15.2. The normalized spacial score (nSPS) is 17.0. The van der Waals surface area contributed by atoms with Gasteiger partial charge in [-0.1, -0.05) is 164 Å². The molecule has 6 aromatic carbocycles. The number of nitrogens with one attached hydrogen (secondary N) is 1. The van der Waals surface area contributed by atoms with Crippen molar-refractivity contribution in [1.29, 1.82) is 0 Å². The summed E-state index contributed by atoms with van der Waals surface area (Å²) in [6.45, 7) is 6.84. The van der Waals surface area contributed by atoms with Gasteiger partial charge in [-0.25, -0.2) is 0 Å². The Morgan fingerprint density at radius 1 is 0.580 bits per heavy atom. The Kier molecular flexibility index (Phi) is 8.51. The van der Waals surface area contributed by atoms with Gasteiger partial charge in [0.25, 0.3) is 0 Å². The van der Waals surface area contributed by atoms with E-state index in [1.165, 1.54) is 44.5 Å². The lowest BCUT2D eigenvalue weighted by Crippen LogP contribution is -2.28. The molecular formula is C48H38N2. The Bertz CT molecular complexity index is 2240. The lowest BCUT2D eigenvalue weighted by Gasteiger charge is -2.29. The van der Waals surface area contributed by atoms with E-state index in [1.54, 1.807) is 0 Å². The summed E-state index contributed by atoms with van der Waals surface area (Å²) in [5, 5.41) is 3.72. The average molecular weight is 643 g/mol. The molecule has 8 rings (SSSR count). The first-order valence-electron chi connectivity index (χ1n) is 17.2. The Balaban J connectivity index is 1.23. The minimum absolute atomic E-state index is 0.0205. The van der Waals surface area contributed by atoms with Gasteiger partial charge in [-0.05, 0) is 92.4 Å². The van der Waals surface area contributed by atoms with Crippen LogP contribution >= 0.6 is 0 Å². The molecule has 0 radical (unpaired) electrons. The van der Waals surface area contributed by atoms with Crippen LogP contribution in [0.2, 0.25) is 0 Å². The monoisotopic (exact) mass is 642 g/mol. The molecular weight excluding hydrogens is 605 g/mol. The number of hydrogen-bond donors (Lipinski definition) is 1. The topological polar surface area (TPSA) is 24.4 Å². The van der Waals surface area contributed by atoms with Crippen LogP contribution in [0.25, 0.3) is 33.5 Å². The van der Waals surface area contributed by atoms with Crippen LogP contribution < -0.4 is 5.32 Å². The van der Waals surface area contributed by atoms with Crippen LogP contribution in [0.1, 0.15) is 45.3 Å². The molecule has 0 amide bonds. The molecule has 2 atom stereocenters. The molecule has 1 aliphatic heterocycles. The van der Waals surface area contributed by atoms with Crippen LogP contribution in [0.3, 0.4) is 0 Å². The zero-order valence-corrected chi connectivity index (χ0v) is 28.1. The molecule has 0 bridgehead atoms. The maximum atomic E-state index is 5.31. The van der Waals surface area contributed by atoms with E-state index in [-0.39, 0.29) is 12.0 Å². The van der Waals surface area contributed by atoms with Gasteiger partial charge in [0.15, 0.2) is 0 Å². The molecule has 2 aliphatic rings. The summed E-state index contributed by atoms with van der Waals surface area (Å²) in [6, 6.07) is 55.8. The standard InChI is InChI=1S/C48H38N2/c1-33-17-15-28-44(41-30-39(35-18-7-3-8-19-35)29-40(31-41)36-20-9-4-10-21-36)47(33)42-26-16-27-43(34(42)2)48-49-45(37-22-11-5-12-23-37)32-46(50-48)38-24-13-6-14-25-38/h3-32,45,47H,1H2,2H3,(H,49,50). The van der Waals surface area contributed by atoms with E-state index in [2.05, 4.69) is 201 Å². The van der Waals surface area contributed by atoms with Gasteiger partial charge < -0.3 is 5.32 Å². The quantitative estimate of drug-likeness (QED) is 0.184. The fourth-order valence-electron chi connectivity index (χ4n) is 7.19. The molecule has 1 aliphatic carbocycles. The zero-order chi connectivity index (χ0) is 33.9. The van der Waals surface area contributed by atoms with Crippen molar-refractivity contribution in [2.75, 3.05) is 0 Å². The molecule has 1 heterocycles. The van der Waals surface area contributed by atoms with Gasteiger partial charge >= 0.3 is 0 Å². The smallest absolute Gasteiger partial charge is 0.133 e. The van der Waals surface area contributed by atoms with Crippen LogP contribution in [-0.4, -0.2) is 5.84 Å². The van der Waals surface area contributed by atoms with Gasteiger partial charge in [0.1, 0.15) is 5.84 Å². The number of aliphatic imine (C=N–C) groups is 1. The van der Waals surface area contributed by atoms with Gasteiger partial charge in [-0.15, -0.1) is 0 Å². The van der Waals surface area contributed by atoms with Gasteiger partial charge in [-0.3, -0.25) is 4.99 Å². The van der Waals surface area contributed by atoms with E-state index in [0.29, 0.717) is 0 Å². The predicted molar refractivity (Wildman–Crippen MR) is 211 cm³/mol. The van der Waals surface area contributed by atoms with Gasteiger partial charge in [0.2, 0.25) is 0 Å². The summed E-state index contributed by atoms with van der Waals surface area (Å²) in [7, 11) is 0. The molecule has 2 nitrogen and oxygen atoms in total. The second-order valence-electron chi connectivity index (χ2n) is 12.9. The van der Waals surface area contributed by atoms with Gasteiger partial charge in [0, 0.05) is 17.2 Å². The Morgan fingerprint density at radius 2 is 1.14 bits per heavy atom. The van der Waals surface area contributed by atoms with E-state index < -0.39 is 0 Å². The number of nitrogens with zero attached hydrogens (tertiary/aromatic N) is 1. The van der Waals surface area contributed by atoms with Gasteiger partial charge in [-0.2, -0.15) is 0 Å². The molecule has 2 heteroatoms. The molecule has 2 unspecified atom stereocenters. The summed E-state index contributed by atoms with van der Waals surface area (Å²) in [4.78, 5) is 5.31. The third kappa shape index (κ3) is 6.20. The third-order valence-electron chi connectivity index (χ3n) is 9.76. The van der Waals surface area contributed by atoms with E-state index in [1.807, 2.05) is 0 Å². The van der Waals surface area contributed by atoms with E-state index in [0.717, 1.165) is 33.8 Å². The molecule has 1 N–H and O–H groups in total. The average Bonchev–Trinajstić information content (AvgIpc) is 3.19. The van der Waals surface area contributed by atoms with Crippen LogP contribution in [-0.2, 0) is 0 Å². The molecule has 0 spiro atoms.